The molecule has 26 heavy (non-hydrogen) atoms. The van der Waals surface area contributed by atoms with Crippen molar-refractivity contribution in [2.24, 2.45) is 11.8 Å². The van der Waals surface area contributed by atoms with Gasteiger partial charge in [0.05, 0.1) is 11.8 Å². The molecule has 0 N–H and O–H groups in total. The van der Waals surface area contributed by atoms with Crippen LogP contribution in [-0.2, 0) is 20.9 Å². The van der Waals surface area contributed by atoms with Gasteiger partial charge in [-0.1, -0.05) is 49.4 Å². The van der Waals surface area contributed by atoms with Gasteiger partial charge >= 0.3 is 0 Å². The number of nitrogens with zero attached hydrogens (tertiary/aromatic N) is 2. The Balaban J connectivity index is 1.73. The van der Waals surface area contributed by atoms with Crippen molar-refractivity contribution >= 4 is 17.7 Å². The Morgan fingerprint density at radius 3 is 2.23 bits per heavy atom. The Morgan fingerprint density at radius 2 is 1.69 bits per heavy atom. The molecular weight excluding hydrogens is 328 g/mol. The quantitative estimate of drug-likeness (QED) is 0.583. The second kappa shape index (κ2) is 7.85. The van der Waals surface area contributed by atoms with E-state index in [-0.39, 0.29) is 42.1 Å². The fourth-order valence-electron chi connectivity index (χ4n) is 3.74. The summed E-state index contributed by atoms with van der Waals surface area (Å²) in [4.78, 5) is 41.1. The van der Waals surface area contributed by atoms with E-state index < -0.39 is 0 Å². The van der Waals surface area contributed by atoms with E-state index in [2.05, 4.69) is 0 Å². The average Bonchev–Trinajstić information content (AvgIpc) is 2.91. The van der Waals surface area contributed by atoms with Crippen LogP contribution < -0.4 is 0 Å². The maximum absolute atomic E-state index is 13.0. The largest absolute Gasteiger partial charge is 0.334 e. The van der Waals surface area contributed by atoms with Crippen molar-refractivity contribution in [3.05, 3.63) is 48.0 Å². The summed E-state index contributed by atoms with van der Waals surface area (Å²) in [5.74, 6) is -1.13. The Hall–Kier alpha value is -2.43. The van der Waals surface area contributed by atoms with Crippen LogP contribution in [0.5, 0.6) is 0 Å². The Bertz CT molecular complexity index is 687. The summed E-state index contributed by atoms with van der Waals surface area (Å²) < 4.78 is 0. The van der Waals surface area contributed by atoms with E-state index in [4.69, 9.17) is 0 Å². The first-order chi connectivity index (χ1) is 12.5. The number of likely N-dealkylation sites (tertiary alicyclic amines) is 1. The second-order valence-corrected chi connectivity index (χ2v) is 7.18. The molecule has 0 bridgehead atoms. The number of imide groups is 1. The van der Waals surface area contributed by atoms with Gasteiger partial charge in [-0.3, -0.25) is 19.3 Å². The van der Waals surface area contributed by atoms with Crippen LogP contribution >= 0.6 is 0 Å². The Kier molecular flexibility index (Phi) is 5.55. The predicted octanol–water partition coefficient (Wildman–Crippen LogP) is 2.76. The highest BCUT2D eigenvalue weighted by Gasteiger charge is 2.48. The van der Waals surface area contributed by atoms with Crippen molar-refractivity contribution in [1.29, 1.82) is 0 Å². The molecule has 3 atom stereocenters. The maximum atomic E-state index is 13.0. The summed E-state index contributed by atoms with van der Waals surface area (Å²) in [6.07, 6.45) is 5.92. The van der Waals surface area contributed by atoms with Crippen LogP contribution in [0, 0.1) is 11.8 Å². The number of hydrogen-bond donors (Lipinski definition) is 0. The van der Waals surface area contributed by atoms with Crippen LogP contribution in [0.3, 0.4) is 0 Å². The number of hydrogen-bond acceptors (Lipinski definition) is 3. The molecule has 1 heterocycles. The van der Waals surface area contributed by atoms with Crippen molar-refractivity contribution in [3.63, 3.8) is 0 Å². The van der Waals surface area contributed by atoms with E-state index in [1.165, 1.54) is 4.90 Å². The van der Waals surface area contributed by atoms with Crippen molar-refractivity contribution in [2.45, 2.75) is 45.7 Å². The van der Waals surface area contributed by atoms with Crippen LogP contribution in [0.25, 0.3) is 0 Å². The van der Waals surface area contributed by atoms with Gasteiger partial charge in [-0.05, 0) is 31.7 Å². The van der Waals surface area contributed by atoms with Gasteiger partial charge in [0, 0.05) is 12.6 Å². The molecule has 1 aliphatic carbocycles. The molecule has 5 nitrogen and oxygen atoms in total. The van der Waals surface area contributed by atoms with Gasteiger partial charge in [0.25, 0.3) is 0 Å². The summed E-state index contributed by atoms with van der Waals surface area (Å²) in [7, 11) is 0. The lowest BCUT2D eigenvalue weighted by molar-refractivity contribution is -0.147. The minimum Gasteiger partial charge on any atom is -0.334 e. The minimum absolute atomic E-state index is 0.0412. The smallest absolute Gasteiger partial charge is 0.243 e. The molecule has 3 rings (SSSR count). The molecule has 0 saturated carbocycles. The summed E-state index contributed by atoms with van der Waals surface area (Å²) in [5, 5.41) is 0. The molecule has 0 spiro atoms. The Morgan fingerprint density at radius 1 is 1.12 bits per heavy atom. The van der Waals surface area contributed by atoms with Crippen LogP contribution in [0.4, 0.5) is 0 Å². The van der Waals surface area contributed by atoms with E-state index in [0.29, 0.717) is 19.4 Å². The third kappa shape index (κ3) is 3.57. The molecule has 2 aliphatic rings. The molecule has 1 aromatic rings. The highest BCUT2D eigenvalue weighted by molar-refractivity contribution is 6.07. The number of fused-ring (bicyclic) bond motifs is 1. The summed E-state index contributed by atoms with van der Waals surface area (Å²) in [5.41, 5.74) is 1.04. The van der Waals surface area contributed by atoms with Gasteiger partial charge in [-0.2, -0.15) is 0 Å². The number of allylic oxidation sites excluding steroid dienone is 2. The molecule has 3 unspecified atom stereocenters. The first kappa shape index (κ1) is 18.4. The van der Waals surface area contributed by atoms with Gasteiger partial charge in [0.2, 0.25) is 17.7 Å². The number of rotatable bonds is 6. The molecule has 138 valence electrons. The van der Waals surface area contributed by atoms with Crippen molar-refractivity contribution in [2.75, 3.05) is 6.54 Å². The molecule has 1 fully saturated rings. The lowest BCUT2D eigenvalue weighted by Crippen LogP contribution is -2.46. The lowest BCUT2D eigenvalue weighted by atomic mass is 9.85. The van der Waals surface area contributed by atoms with Gasteiger partial charge in [0.15, 0.2) is 0 Å². The molecule has 0 aromatic heterocycles. The Labute approximate surface area is 154 Å². The van der Waals surface area contributed by atoms with Crippen LogP contribution in [0.15, 0.2) is 42.5 Å². The normalized spacial score (nSPS) is 23.1. The number of benzene rings is 1. The highest BCUT2D eigenvalue weighted by Crippen LogP contribution is 2.35. The zero-order valence-corrected chi connectivity index (χ0v) is 15.4. The zero-order valence-electron chi connectivity index (χ0n) is 15.4. The fourth-order valence-corrected chi connectivity index (χ4v) is 3.74. The van der Waals surface area contributed by atoms with Gasteiger partial charge in [-0.15, -0.1) is 0 Å². The predicted molar refractivity (Wildman–Crippen MR) is 98.8 cm³/mol. The second-order valence-electron chi connectivity index (χ2n) is 7.18. The van der Waals surface area contributed by atoms with Gasteiger partial charge < -0.3 is 4.90 Å². The summed E-state index contributed by atoms with van der Waals surface area (Å²) in [6, 6.07) is 9.83. The standard InChI is InChI=1S/C21H26N2O3/c1-3-15(2)22(13-16-9-5-4-6-10-16)19(24)14-23-20(25)17-11-7-8-12-18(17)21(23)26/h4-10,15,17-18H,3,11-14H2,1-2H3. The summed E-state index contributed by atoms with van der Waals surface area (Å²) >= 11 is 0. The first-order valence-corrected chi connectivity index (χ1v) is 9.36. The van der Waals surface area contributed by atoms with Crippen LogP contribution in [0.2, 0.25) is 0 Å². The SMILES string of the molecule is CCC(C)N(Cc1ccccc1)C(=O)CN1C(=O)C2CC=CCC2C1=O. The fraction of sp³-hybridized carbons (Fsp3) is 0.476. The van der Waals surface area contributed by atoms with E-state index in [1.807, 2.05) is 56.3 Å². The molecule has 1 saturated heterocycles. The van der Waals surface area contributed by atoms with Gasteiger partial charge in [-0.25, -0.2) is 0 Å². The third-order valence-corrected chi connectivity index (χ3v) is 5.53. The van der Waals surface area contributed by atoms with Crippen molar-refractivity contribution < 1.29 is 14.4 Å². The summed E-state index contributed by atoms with van der Waals surface area (Å²) in [6.45, 7) is 4.36. The molecule has 1 aliphatic heterocycles. The number of carbonyl (C=O) groups excluding carboxylic acids is 3. The van der Waals surface area contributed by atoms with Gasteiger partial charge in [0.1, 0.15) is 6.54 Å². The molecule has 5 heteroatoms. The van der Waals surface area contributed by atoms with Crippen molar-refractivity contribution in [3.8, 4) is 0 Å². The average molecular weight is 354 g/mol. The van der Waals surface area contributed by atoms with E-state index >= 15 is 0 Å². The third-order valence-electron chi connectivity index (χ3n) is 5.53. The van der Waals surface area contributed by atoms with E-state index in [0.717, 1.165) is 12.0 Å². The number of carbonyl (C=O) groups is 3. The monoisotopic (exact) mass is 354 g/mol. The molecular formula is C21H26N2O3. The van der Waals surface area contributed by atoms with E-state index in [1.54, 1.807) is 4.90 Å². The molecule has 1 aromatic carbocycles. The molecule has 3 amide bonds. The molecule has 0 radical (unpaired) electrons. The zero-order chi connectivity index (χ0) is 18.7. The topological polar surface area (TPSA) is 57.7 Å². The van der Waals surface area contributed by atoms with Crippen LogP contribution in [-0.4, -0.2) is 40.1 Å². The van der Waals surface area contributed by atoms with Crippen LogP contribution in [0.1, 0.15) is 38.7 Å². The van der Waals surface area contributed by atoms with E-state index in [9.17, 15) is 14.4 Å². The maximum Gasteiger partial charge on any atom is 0.243 e. The number of amides is 3. The highest BCUT2D eigenvalue weighted by atomic mass is 16.2. The minimum atomic E-state index is -0.286. The first-order valence-electron chi connectivity index (χ1n) is 9.36. The lowest BCUT2D eigenvalue weighted by Gasteiger charge is -2.30. The van der Waals surface area contributed by atoms with Crippen molar-refractivity contribution in [1.82, 2.24) is 9.80 Å².